The van der Waals surface area contributed by atoms with Crippen LogP contribution in [0.5, 0.6) is 0 Å². The Morgan fingerprint density at radius 1 is 1.62 bits per heavy atom. The molecule has 0 radical (unpaired) electrons. The minimum Gasteiger partial charge on any atom is -0.369 e. The summed E-state index contributed by atoms with van der Waals surface area (Å²) in [6.07, 6.45) is 3.87. The molecular formula is C11H20N4O. The number of hydrogen-bond donors (Lipinski definition) is 3. The molecule has 1 aromatic rings. The Morgan fingerprint density at radius 2 is 2.38 bits per heavy atom. The van der Waals surface area contributed by atoms with Gasteiger partial charge in [0.2, 0.25) is 5.91 Å². The van der Waals surface area contributed by atoms with Crippen LogP contribution in [0.4, 0.5) is 5.95 Å². The molecule has 0 spiro atoms. The van der Waals surface area contributed by atoms with E-state index in [-0.39, 0.29) is 5.91 Å². The Labute approximate surface area is 95.8 Å². The molecule has 0 aliphatic carbocycles. The van der Waals surface area contributed by atoms with Crippen LogP contribution in [-0.2, 0) is 11.2 Å². The predicted molar refractivity (Wildman–Crippen MR) is 63.8 cm³/mol. The van der Waals surface area contributed by atoms with E-state index in [2.05, 4.69) is 29.1 Å². The van der Waals surface area contributed by atoms with Crippen molar-refractivity contribution in [3.05, 3.63) is 11.9 Å². The largest absolute Gasteiger partial charge is 0.369 e. The second-order valence-corrected chi connectivity index (χ2v) is 4.35. The second kappa shape index (κ2) is 6.15. The number of amides is 1. The highest BCUT2D eigenvalue weighted by atomic mass is 16.1. The second-order valence-electron chi connectivity index (χ2n) is 4.35. The highest BCUT2D eigenvalue weighted by Gasteiger charge is 2.03. The fraction of sp³-hybridized carbons (Fsp3) is 0.636. The summed E-state index contributed by atoms with van der Waals surface area (Å²) in [5.74, 6) is 1.04. The first-order valence-corrected chi connectivity index (χ1v) is 5.64. The number of aromatic nitrogens is 2. The molecule has 5 nitrogen and oxygen atoms in total. The summed E-state index contributed by atoms with van der Waals surface area (Å²) < 4.78 is 0. The lowest BCUT2D eigenvalue weighted by Crippen LogP contribution is -2.27. The maximum Gasteiger partial charge on any atom is 0.220 e. The number of carbonyl (C=O) groups is 1. The van der Waals surface area contributed by atoms with E-state index in [9.17, 15) is 4.79 Å². The number of aryl methyl sites for hydroxylation is 1. The SMILES string of the molecule is CC(C)CNC(=O)CCCc1cnc(N)[nH]1. The molecule has 0 unspecified atom stereocenters. The molecule has 1 rings (SSSR count). The van der Waals surface area contributed by atoms with Crippen molar-refractivity contribution in [1.29, 1.82) is 0 Å². The topological polar surface area (TPSA) is 83.8 Å². The lowest BCUT2D eigenvalue weighted by atomic mass is 10.2. The van der Waals surface area contributed by atoms with Gasteiger partial charge < -0.3 is 16.0 Å². The average molecular weight is 224 g/mol. The third kappa shape index (κ3) is 4.82. The van der Waals surface area contributed by atoms with Crippen molar-refractivity contribution in [2.24, 2.45) is 5.92 Å². The van der Waals surface area contributed by atoms with Gasteiger partial charge >= 0.3 is 0 Å². The van der Waals surface area contributed by atoms with Crippen LogP contribution >= 0.6 is 0 Å². The van der Waals surface area contributed by atoms with Crippen LogP contribution in [-0.4, -0.2) is 22.4 Å². The van der Waals surface area contributed by atoms with E-state index in [0.29, 0.717) is 18.3 Å². The number of hydrogen-bond acceptors (Lipinski definition) is 3. The van der Waals surface area contributed by atoms with Gasteiger partial charge in [-0.1, -0.05) is 13.8 Å². The first-order valence-electron chi connectivity index (χ1n) is 5.64. The van der Waals surface area contributed by atoms with E-state index in [1.54, 1.807) is 6.20 Å². The number of H-pyrrole nitrogens is 1. The Bertz CT molecular complexity index is 332. The molecule has 0 saturated carbocycles. The maximum absolute atomic E-state index is 11.4. The van der Waals surface area contributed by atoms with Crippen LogP contribution in [0.1, 0.15) is 32.4 Å². The fourth-order valence-electron chi connectivity index (χ4n) is 1.35. The number of carbonyl (C=O) groups excluding carboxylic acids is 1. The highest BCUT2D eigenvalue weighted by Crippen LogP contribution is 2.03. The van der Waals surface area contributed by atoms with Gasteiger partial charge in [-0.2, -0.15) is 0 Å². The van der Waals surface area contributed by atoms with E-state index in [1.165, 1.54) is 0 Å². The third-order valence-corrected chi connectivity index (χ3v) is 2.21. The molecule has 0 fully saturated rings. The van der Waals surface area contributed by atoms with Crippen molar-refractivity contribution in [2.75, 3.05) is 12.3 Å². The van der Waals surface area contributed by atoms with Gasteiger partial charge in [-0.15, -0.1) is 0 Å². The molecule has 1 amide bonds. The zero-order chi connectivity index (χ0) is 12.0. The van der Waals surface area contributed by atoms with Crippen LogP contribution in [0, 0.1) is 5.92 Å². The molecule has 1 heterocycles. The minimum atomic E-state index is 0.112. The van der Waals surface area contributed by atoms with E-state index in [0.717, 1.165) is 25.1 Å². The molecule has 90 valence electrons. The quantitative estimate of drug-likeness (QED) is 0.676. The summed E-state index contributed by atoms with van der Waals surface area (Å²) in [6.45, 7) is 4.90. The molecule has 1 aromatic heterocycles. The van der Waals surface area contributed by atoms with Crippen molar-refractivity contribution >= 4 is 11.9 Å². The normalized spacial score (nSPS) is 10.7. The first-order chi connectivity index (χ1) is 7.58. The minimum absolute atomic E-state index is 0.112. The number of anilines is 1. The van der Waals surface area contributed by atoms with Crippen molar-refractivity contribution in [1.82, 2.24) is 15.3 Å². The first kappa shape index (κ1) is 12.5. The number of nitrogens with zero attached hydrogens (tertiary/aromatic N) is 1. The van der Waals surface area contributed by atoms with E-state index >= 15 is 0 Å². The summed E-state index contributed by atoms with van der Waals surface area (Å²) in [5.41, 5.74) is 6.43. The average Bonchev–Trinajstić information content (AvgIpc) is 2.61. The van der Waals surface area contributed by atoms with Gasteiger partial charge in [-0.3, -0.25) is 4.79 Å². The van der Waals surface area contributed by atoms with Crippen LogP contribution in [0.15, 0.2) is 6.20 Å². The zero-order valence-electron chi connectivity index (χ0n) is 9.92. The van der Waals surface area contributed by atoms with Gasteiger partial charge in [0, 0.05) is 18.7 Å². The van der Waals surface area contributed by atoms with Crippen LogP contribution in [0.3, 0.4) is 0 Å². The van der Waals surface area contributed by atoms with Gasteiger partial charge in [-0.25, -0.2) is 4.98 Å². The van der Waals surface area contributed by atoms with Gasteiger partial charge in [0.1, 0.15) is 0 Å². The molecule has 0 aromatic carbocycles. The van der Waals surface area contributed by atoms with Gasteiger partial charge in [-0.05, 0) is 18.8 Å². The number of aromatic amines is 1. The molecule has 0 bridgehead atoms. The lowest BCUT2D eigenvalue weighted by Gasteiger charge is -2.06. The third-order valence-electron chi connectivity index (χ3n) is 2.21. The predicted octanol–water partition coefficient (Wildman–Crippen LogP) is 1.09. The smallest absolute Gasteiger partial charge is 0.220 e. The number of nitrogen functional groups attached to an aromatic ring is 1. The fourth-order valence-corrected chi connectivity index (χ4v) is 1.35. The number of nitrogens with two attached hydrogens (primary N) is 1. The number of rotatable bonds is 6. The highest BCUT2D eigenvalue weighted by molar-refractivity contribution is 5.75. The van der Waals surface area contributed by atoms with Crippen LogP contribution < -0.4 is 11.1 Å². The molecule has 5 heteroatoms. The molecule has 0 aliphatic rings. The van der Waals surface area contributed by atoms with Crippen molar-refractivity contribution in [3.63, 3.8) is 0 Å². The molecule has 0 atom stereocenters. The van der Waals surface area contributed by atoms with E-state index in [4.69, 9.17) is 5.73 Å². The van der Waals surface area contributed by atoms with Crippen LogP contribution in [0.25, 0.3) is 0 Å². The molecule has 4 N–H and O–H groups in total. The Morgan fingerprint density at radius 3 is 2.94 bits per heavy atom. The summed E-state index contributed by atoms with van der Waals surface area (Å²) in [5, 5.41) is 2.88. The molecular weight excluding hydrogens is 204 g/mol. The van der Waals surface area contributed by atoms with Crippen molar-refractivity contribution < 1.29 is 4.79 Å². The zero-order valence-corrected chi connectivity index (χ0v) is 9.92. The lowest BCUT2D eigenvalue weighted by molar-refractivity contribution is -0.121. The summed E-state index contributed by atoms with van der Waals surface area (Å²) in [7, 11) is 0. The van der Waals surface area contributed by atoms with E-state index in [1.807, 2.05) is 0 Å². The Hall–Kier alpha value is -1.52. The molecule has 0 aliphatic heterocycles. The summed E-state index contributed by atoms with van der Waals surface area (Å²) in [6, 6.07) is 0. The van der Waals surface area contributed by atoms with Gasteiger partial charge in [0.25, 0.3) is 0 Å². The maximum atomic E-state index is 11.4. The Kier molecular flexibility index (Phi) is 4.82. The molecule has 0 saturated heterocycles. The monoisotopic (exact) mass is 224 g/mol. The summed E-state index contributed by atoms with van der Waals surface area (Å²) in [4.78, 5) is 18.2. The van der Waals surface area contributed by atoms with Crippen molar-refractivity contribution in [2.45, 2.75) is 33.1 Å². The summed E-state index contributed by atoms with van der Waals surface area (Å²) >= 11 is 0. The molecule has 16 heavy (non-hydrogen) atoms. The van der Waals surface area contributed by atoms with Gasteiger partial charge in [0.05, 0.1) is 6.20 Å². The number of imidazole rings is 1. The van der Waals surface area contributed by atoms with Crippen LogP contribution in [0.2, 0.25) is 0 Å². The number of nitrogens with one attached hydrogen (secondary N) is 2. The van der Waals surface area contributed by atoms with Gasteiger partial charge in [0.15, 0.2) is 5.95 Å². The van der Waals surface area contributed by atoms with Crippen molar-refractivity contribution in [3.8, 4) is 0 Å². The Balaban J connectivity index is 2.13. The standard InChI is InChI=1S/C11H20N4O/c1-8(2)6-13-10(16)5-3-4-9-7-14-11(12)15-9/h7-8H,3-6H2,1-2H3,(H,13,16)(H3,12,14,15). The van der Waals surface area contributed by atoms with E-state index < -0.39 is 0 Å².